The number of nitrogens with one attached hydrogen (secondary N) is 2. The maximum atomic E-state index is 12.0. The summed E-state index contributed by atoms with van der Waals surface area (Å²) in [6.45, 7) is 6.83. The van der Waals surface area contributed by atoms with Crippen LogP contribution in [0.1, 0.15) is 67.4 Å². The molecule has 0 aromatic carbocycles. The number of unbranched alkanes of at least 4 members (excludes halogenated alkanes) is 2. The molecule has 1 aromatic heterocycles. The van der Waals surface area contributed by atoms with E-state index in [1.54, 1.807) is 0 Å². The number of aromatic nitrogens is 2. The fraction of sp³-hybridized carbons (Fsp3) is 0.643. The molecule has 0 saturated carbocycles. The Balaban J connectivity index is 2.54. The largest absolute Gasteiger partial charge is 0.477 e. The third-order valence-corrected chi connectivity index (χ3v) is 3.25. The topological polar surface area (TPSA) is 95.1 Å². The van der Waals surface area contributed by atoms with Crippen molar-refractivity contribution >= 4 is 11.9 Å². The maximum Gasteiger partial charge on any atom is 0.354 e. The lowest BCUT2D eigenvalue weighted by molar-refractivity contribution is 0.0684. The molecule has 20 heavy (non-hydrogen) atoms. The van der Waals surface area contributed by atoms with Crippen LogP contribution < -0.4 is 5.32 Å². The van der Waals surface area contributed by atoms with Gasteiger partial charge in [-0.15, -0.1) is 0 Å². The van der Waals surface area contributed by atoms with Crippen molar-refractivity contribution in [2.75, 3.05) is 6.54 Å². The van der Waals surface area contributed by atoms with Crippen LogP contribution in [0, 0.1) is 5.41 Å². The van der Waals surface area contributed by atoms with Gasteiger partial charge in [-0.05, 0) is 11.8 Å². The molecule has 0 aliphatic rings. The molecule has 3 N–H and O–H groups in total. The molecule has 1 amide bonds. The van der Waals surface area contributed by atoms with E-state index >= 15 is 0 Å². The monoisotopic (exact) mass is 281 g/mol. The Morgan fingerprint density at radius 3 is 2.70 bits per heavy atom. The number of nitrogens with zero attached hydrogens (tertiary/aromatic N) is 1. The summed E-state index contributed by atoms with van der Waals surface area (Å²) in [4.78, 5) is 29.1. The van der Waals surface area contributed by atoms with Gasteiger partial charge in [0, 0.05) is 6.54 Å². The summed E-state index contributed by atoms with van der Waals surface area (Å²) >= 11 is 0. The van der Waals surface area contributed by atoms with Gasteiger partial charge >= 0.3 is 5.97 Å². The maximum absolute atomic E-state index is 12.0. The number of hydrogen-bond acceptors (Lipinski definition) is 3. The van der Waals surface area contributed by atoms with Gasteiger partial charge in [-0.3, -0.25) is 4.79 Å². The molecule has 0 aliphatic heterocycles. The summed E-state index contributed by atoms with van der Waals surface area (Å²) in [5.41, 5.74) is -0.252. The normalized spacial score (nSPS) is 11.3. The minimum Gasteiger partial charge on any atom is -0.477 e. The molecule has 0 bridgehead atoms. The van der Waals surface area contributed by atoms with E-state index in [9.17, 15) is 9.59 Å². The smallest absolute Gasteiger partial charge is 0.354 e. The molecular formula is C14H23N3O3. The van der Waals surface area contributed by atoms with Gasteiger partial charge in [-0.2, -0.15) is 0 Å². The quantitative estimate of drug-likeness (QED) is 0.638. The highest BCUT2D eigenvalue weighted by Crippen LogP contribution is 2.22. The lowest BCUT2D eigenvalue weighted by atomic mass is 9.87. The predicted octanol–water partition coefficient (Wildman–Crippen LogP) is 2.44. The molecule has 0 radical (unpaired) electrons. The van der Waals surface area contributed by atoms with Crippen molar-refractivity contribution in [3.63, 3.8) is 0 Å². The van der Waals surface area contributed by atoms with E-state index in [0.29, 0.717) is 6.54 Å². The Morgan fingerprint density at radius 1 is 1.40 bits per heavy atom. The zero-order valence-corrected chi connectivity index (χ0v) is 12.3. The summed E-state index contributed by atoms with van der Waals surface area (Å²) in [6.07, 6.45) is 5.71. The lowest BCUT2D eigenvalue weighted by Crippen LogP contribution is -2.34. The van der Waals surface area contributed by atoms with Crippen LogP contribution in [0.15, 0.2) is 6.33 Å². The number of carboxylic acid groups (broad SMARTS) is 1. The summed E-state index contributed by atoms with van der Waals surface area (Å²) in [6, 6.07) is 0. The standard InChI is InChI=1S/C14H23N3O3/c1-4-5-6-7-14(2,3)8-15-12(18)10-11(13(19)20)17-9-16-10/h9H,4-8H2,1-3H3,(H,15,18)(H,16,17)(H,19,20). The molecule has 0 fully saturated rings. The number of rotatable bonds is 8. The second-order valence-electron chi connectivity index (χ2n) is 5.74. The van der Waals surface area contributed by atoms with Crippen molar-refractivity contribution in [3.8, 4) is 0 Å². The third-order valence-electron chi connectivity index (χ3n) is 3.25. The summed E-state index contributed by atoms with van der Waals surface area (Å²) in [5, 5.41) is 11.7. The van der Waals surface area contributed by atoms with Gasteiger partial charge in [0.25, 0.3) is 5.91 Å². The van der Waals surface area contributed by atoms with Crippen LogP contribution in [0.4, 0.5) is 0 Å². The number of H-pyrrole nitrogens is 1. The van der Waals surface area contributed by atoms with Crippen molar-refractivity contribution in [2.24, 2.45) is 5.41 Å². The van der Waals surface area contributed by atoms with Crippen LogP contribution in [-0.4, -0.2) is 33.5 Å². The van der Waals surface area contributed by atoms with Gasteiger partial charge in [-0.1, -0.05) is 40.0 Å². The summed E-state index contributed by atoms with van der Waals surface area (Å²) in [5.74, 6) is -1.64. The van der Waals surface area contributed by atoms with E-state index in [1.807, 2.05) is 0 Å². The number of hydrogen-bond donors (Lipinski definition) is 3. The SMILES string of the molecule is CCCCCC(C)(C)CNC(=O)c1nc[nH]c1C(=O)O. The van der Waals surface area contributed by atoms with Crippen LogP contribution in [0.5, 0.6) is 0 Å². The number of amides is 1. The minimum absolute atomic E-state index is 0.00940. The first kappa shape index (κ1) is 16.2. The lowest BCUT2D eigenvalue weighted by Gasteiger charge is -2.24. The number of aromatic amines is 1. The highest BCUT2D eigenvalue weighted by Gasteiger charge is 2.23. The molecule has 0 spiro atoms. The second kappa shape index (κ2) is 7.07. The second-order valence-corrected chi connectivity index (χ2v) is 5.74. The van der Waals surface area contributed by atoms with Crippen LogP contribution in [0.3, 0.4) is 0 Å². The van der Waals surface area contributed by atoms with E-state index in [0.717, 1.165) is 19.3 Å². The fourth-order valence-corrected chi connectivity index (χ4v) is 1.97. The Morgan fingerprint density at radius 2 is 2.10 bits per heavy atom. The van der Waals surface area contributed by atoms with Crippen LogP contribution in [0.2, 0.25) is 0 Å². The molecule has 0 aliphatic carbocycles. The van der Waals surface area contributed by atoms with Gasteiger partial charge in [0.2, 0.25) is 0 Å². The highest BCUT2D eigenvalue weighted by molar-refractivity contribution is 6.02. The highest BCUT2D eigenvalue weighted by atomic mass is 16.4. The number of carbonyl (C=O) groups excluding carboxylic acids is 1. The average Bonchev–Trinajstić information content (AvgIpc) is 2.85. The van der Waals surface area contributed by atoms with Crippen molar-refractivity contribution in [3.05, 3.63) is 17.7 Å². The van der Waals surface area contributed by atoms with Gasteiger partial charge in [0.05, 0.1) is 6.33 Å². The number of aromatic carboxylic acids is 1. The van der Waals surface area contributed by atoms with Crippen molar-refractivity contribution in [1.29, 1.82) is 0 Å². The van der Waals surface area contributed by atoms with E-state index < -0.39 is 11.9 Å². The summed E-state index contributed by atoms with van der Waals surface area (Å²) < 4.78 is 0. The molecule has 1 aromatic rings. The molecule has 0 atom stereocenters. The predicted molar refractivity (Wildman–Crippen MR) is 75.8 cm³/mol. The van der Waals surface area contributed by atoms with Crippen molar-refractivity contribution in [2.45, 2.75) is 46.5 Å². The molecule has 6 heteroatoms. The van der Waals surface area contributed by atoms with E-state index in [2.05, 4.69) is 36.1 Å². The first-order valence-electron chi connectivity index (χ1n) is 6.92. The first-order chi connectivity index (χ1) is 9.37. The van der Waals surface area contributed by atoms with Gasteiger partial charge in [0.15, 0.2) is 11.4 Å². The molecule has 1 heterocycles. The van der Waals surface area contributed by atoms with Crippen LogP contribution in [0.25, 0.3) is 0 Å². The number of imidazole rings is 1. The number of carboxylic acids is 1. The molecule has 0 unspecified atom stereocenters. The van der Waals surface area contributed by atoms with Gasteiger partial charge in [0.1, 0.15) is 0 Å². The minimum atomic E-state index is -1.19. The molecular weight excluding hydrogens is 258 g/mol. The average molecular weight is 281 g/mol. The van der Waals surface area contributed by atoms with E-state index in [1.165, 1.54) is 12.7 Å². The van der Waals surface area contributed by atoms with Gasteiger partial charge < -0.3 is 15.4 Å². The molecule has 112 valence electrons. The number of carbonyl (C=O) groups is 2. The fourth-order valence-electron chi connectivity index (χ4n) is 1.97. The molecule has 0 saturated heterocycles. The van der Waals surface area contributed by atoms with Crippen molar-refractivity contribution in [1.82, 2.24) is 15.3 Å². The van der Waals surface area contributed by atoms with E-state index in [-0.39, 0.29) is 16.8 Å². The zero-order valence-electron chi connectivity index (χ0n) is 12.3. The zero-order chi connectivity index (χ0) is 15.2. The summed E-state index contributed by atoms with van der Waals surface area (Å²) in [7, 11) is 0. The molecule has 6 nitrogen and oxygen atoms in total. The Kier molecular flexibility index (Phi) is 5.73. The Hall–Kier alpha value is -1.85. The third kappa shape index (κ3) is 4.68. The van der Waals surface area contributed by atoms with Crippen molar-refractivity contribution < 1.29 is 14.7 Å². The van der Waals surface area contributed by atoms with Crippen LogP contribution >= 0.6 is 0 Å². The first-order valence-corrected chi connectivity index (χ1v) is 6.92. The van der Waals surface area contributed by atoms with Gasteiger partial charge in [-0.25, -0.2) is 9.78 Å². The molecule has 1 rings (SSSR count). The Bertz CT molecular complexity index is 466. The van der Waals surface area contributed by atoms with E-state index in [4.69, 9.17) is 5.11 Å². The van der Waals surface area contributed by atoms with Crippen LogP contribution in [-0.2, 0) is 0 Å². The Labute approximate surface area is 119 Å².